The highest BCUT2D eigenvalue weighted by Gasteiger charge is 2.22. The van der Waals surface area contributed by atoms with E-state index in [2.05, 4.69) is 10.6 Å². The fourth-order valence-corrected chi connectivity index (χ4v) is 1.82. The van der Waals surface area contributed by atoms with Crippen LogP contribution >= 0.6 is 0 Å². The van der Waals surface area contributed by atoms with Gasteiger partial charge in [-0.3, -0.25) is 4.79 Å². The summed E-state index contributed by atoms with van der Waals surface area (Å²) in [7, 11) is 0. The van der Waals surface area contributed by atoms with Crippen LogP contribution in [0.4, 0.5) is 11.4 Å². The Morgan fingerprint density at radius 3 is 2.94 bits per heavy atom. The average Bonchev–Trinajstić information content (AvgIpc) is 3.13. The van der Waals surface area contributed by atoms with E-state index in [4.69, 9.17) is 5.73 Å². The maximum absolute atomic E-state index is 11.5. The van der Waals surface area contributed by atoms with Gasteiger partial charge in [0.15, 0.2) is 0 Å². The molecule has 0 aromatic heterocycles. The van der Waals surface area contributed by atoms with E-state index in [0.29, 0.717) is 12.5 Å². The molecule has 1 aliphatic rings. The molecule has 98 valence electrons. The van der Waals surface area contributed by atoms with E-state index in [0.717, 1.165) is 37.2 Å². The van der Waals surface area contributed by atoms with Gasteiger partial charge in [-0.1, -0.05) is 6.07 Å². The molecule has 0 spiro atoms. The lowest BCUT2D eigenvalue weighted by atomic mass is 10.2. The molecule has 0 unspecified atom stereocenters. The van der Waals surface area contributed by atoms with Crippen molar-refractivity contribution in [3.05, 3.63) is 23.8 Å². The standard InChI is InChI=1S/C14H21N3O/c1-10-4-7-12(15)13(9-10)16-8-2-3-14(18)17-11-5-6-11/h4,7,9,11,16H,2-3,5-6,8,15H2,1H3,(H,17,18). The zero-order chi connectivity index (χ0) is 13.0. The first-order valence-corrected chi connectivity index (χ1v) is 6.54. The van der Waals surface area contributed by atoms with Crippen LogP contribution in [0.25, 0.3) is 0 Å². The monoisotopic (exact) mass is 247 g/mol. The summed E-state index contributed by atoms with van der Waals surface area (Å²) in [4.78, 5) is 11.5. The lowest BCUT2D eigenvalue weighted by Crippen LogP contribution is -2.25. The SMILES string of the molecule is Cc1ccc(N)c(NCCCC(=O)NC2CC2)c1. The zero-order valence-electron chi connectivity index (χ0n) is 10.8. The number of amides is 1. The zero-order valence-corrected chi connectivity index (χ0v) is 10.8. The van der Waals surface area contributed by atoms with Gasteiger partial charge in [-0.15, -0.1) is 0 Å². The summed E-state index contributed by atoms with van der Waals surface area (Å²) in [6, 6.07) is 6.37. The van der Waals surface area contributed by atoms with E-state index in [-0.39, 0.29) is 5.91 Å². The van der Waals surface area contributed by atoms with Crippen LogP contribution in [0.3, 0.4) is 0 Å². The largest absolute Gasteiger partial charge is 0.397 e. The minimum absolute atomic E-state index is 0.163. The van der Waals surface area contributed by atoms with Crippen molar-refractivity contribution in [1.29, 1.82) is 0 Å². The van der Waals surface area contributed by atoms with Gasteiger partial charge in [-0.2, -0.15) is 0 Å². The molecule has 1 saturated carbocycles. The maximum Gasteiger partial charge on any atom is 0.220 e. The van der Waals surface area contributed by atoms with Crippen molar-refractivity contribution < 1.29 is 4.79 Å². The van der Waals surface area contributed by atoms with Crippen LogP contribution in [0.15, 0.2) is 18.2 Å². The van der Waals surface area contributed by atoms with Crippen LogP contribution in [-0.2, 0) is 4.79 Å². The quantitative estimate of drug-likeness (QED) is 0.532. The fourth-order valence-electron chi connectivity index (χ4n) is 1.82. The molecule has 1 aromatic rings. The minimum Gasteiger partial charge on any atom is -0.397 e. The first-order valence-electron chi connectivity index (χ1n) is 6.54. The lowest BCUT2D eigenvalue weighted by molar-refractivity contribution is -0.121. The highest BCUT2D eigenvalue weighted by molar-refractivity contribution is 5.76. The molecule has 2 rings (SSSR count). The number of hydrogen-bond donors (Lipinski definition) is 3. The van der Waals surface area contributed by atoms with Crippen molar-refractivity contribution in [2.45, 2.75) is 38.6 Å². The van der Waals surface area contributed by atoms with E-state index in [9.17, 15) is 4.79 Å². The first kappa shape index (κ1) is 12.7. The van der Waals surface area contributed by atoms with Crippen molar-refractivity contribution in [2.75, 3.05) is 17.6 Å². The Balaban J connectivity index is 1.67. The summed E-state index contributed by atoms with van der Waals surface area (Å²) in [6.07, 6.45) is 3.69. The molecule has 18 heavy (non-hydrogen) atoms. The minimum atomic E-state index is 0.163. The smallest absolute Gasteiger partial charge is 0.220 e. The highest BCUT2D eigenvalue weighted by Crippen LogP contribution is 2.20. The second kappa shape index (κ2) is 5.76. The molecule has 4 N–H and O–H groups in total. The first-order chi connectivity index (χ1) is 8.65. The van der Waals surface area contributed by atoms with Gasteiger partial charge in [0.05, 0.1) is 11.4 Å². The molecule has 0 saturated heterocycles. The van der Waals surface area contributed by atoms with Crippen LogP contribution < -0.4 is 16.4 Å². The molecule has 1 aliphatic carbocycles. The van der Waals surface area contributed by atoms with Gasteiger partial charge in [-0.05, 0) is 43.9 Å². The number of anilines is 2. The summed E-state index contributed by atoms with van der Waals surface area (Å²) in [5.41, 5.74) is 8.75. The molecular formula is C14H21N3O. The number of nitrogens with one attached hydrogen (secondary N) is 2. The highest BCUT2D eigenvalue weighted by atomic mass is 16.1. The third-order valence-electron chi connectivity index (χ3n) is 3.05. The summed E-state index contributed by atoms with van der Waals surface area (Å²) in [6.45, 7) is 2.81. The molecule has 0 aliphatic heterocycles. The van der Waals surface area contributed by atoms with E-state index in [1.807, 2.05) is 25.1 Å². The summed E-state index contributed by atoms with van der Waals surface area (Å²) >= 11 is 0. The van der Waals surface area contributed by atoms with Crippen molar-refractivity contribution in [2.24, 2.45) is 0 Å². The van der Waals surface area contributed by atoms with Crippen molar-refractivity contribution >= 4 is 17.3 Å². The van der Waals surface area contributed by atoms with Gasteiger partial charge in [0.1, 0.15) is 0 Å². The Kier molecular flexibility index (Phi) is 4.07. The van der Waals surface area contributed by atoms with Crippen LogP contribution in [0, 0.1) is 6.92 Å². The predicted octanol–water partition coefficient (Wildman–Crippen LogP) is 2.05. The number of carbonyl (C=O) groups excluding carboxylic acids is 1. The molecule has 1 fully saturated rings. The number of benzene rings is 1. The third-order valence-corrected chi connectivity index (χ3v) is 3.05. The van der Waals surface area contributed by atoms with Crippen molar-refractivity contribution in [1.82, 2.24) is 5.32 Å². The van der Waals surface area contributed by atoms with Crippen LogP contribution in [-0.4, -0.2) is 18.5 Å². The van der Waals surface area contributed by atoms with E-state index < -0.39 is 0 Å². The summed E-state index contributed by atoms with van der Waals surface area (Å²) < 4.78 is 0. The number of carbonyl (C=O) groups is 1. The third kappa shape index (κ3) is 3.95. The summed E-state index contributed by atoms with van der Waals surface area (Å²) in [5, 5.41) is 6.25. The van der Waals surface area contributed by atoms with Crippen molar-refractivity contribution in [3.8, 4) is 0 Å². The lowest BCUT2D eigenvalue weighted by Gasteiger charge is -2.10. The molecule has 0 radical (unpaired) electrons. The number of nitrogen functional groups attached to an aromatic ring is 1. The molecule has 1 amide bonds. The normalized spacial score (nSPS) is 14.3. The number of rotatable bonds is 6. The topological polar surface area (TPSA) is 67.1 Å². The molecule has 4 heteroatoms. The number of aryl methyl sites for hydroxylation is 1. The average molecular weight is 247 g/mol. The van der Waals surface area contributed by atoms with Crippen LogP contribution in [0.2, 0.25) is 0 Å². The van der Waals surface area contributed by atoms with E-state index >= 15 is 0 Å². The molecule has 1 aromatic carbocycles. The second-order valence-corrected chi connectivity index (χ2v) is 4.96. The second-order valence-electron chi connectivity index (χ2n) is 4.96. The summed E-state index contributed by atoms with van der Waals surface area (Å²) in [5.74, 6) is 0.163. The molecule has 4 nitrogen and oxygen atoms in total. The van der Waals surface area contributed by atoms with Crippen molar-refractivity contribution in [3.63, 3.8) is 0 Å². The van der Waals surface area contributed by atoms with Gasteiger partial charge >= 0.3 is 0 Å². The van der Waals surface area contributed by atoms with Gasteiger partial charge in [-0.25, -0.2) is 0 Å². The Morgan fingerprint density at radius 1 is 1.44 bits per heavy atom. The maximum atomic E-state index is 11.5. The van der Waals surface area contributed by atoms with Gasteiger partial charge < -0.3 is 16.4 Å². The Morgan fingerprint density at radius 2 is 2.22 bits per heavy atom. The van der Waals surface area contributed by atoms with Gasteiger partial charge in [0.2, 0.25) is 5.91 Å². The Labute approximate surface area is 108 Å². The molecule has 0 atom stereocenters. The van der Waals surface area contributed by atoms with E-state index in [1.165, 1.54) is 5.56 Å². The van der Waals surface area contributed by atoms with Gasteiger partial charge in [0, 0.05) is 19.0 Å². The number of nitrogens with two attached hydrogens (primary N) is 1. The Bertz CT molecular complexity index is 427. The molecular weight excluding hydrogens is 226 g/mol. The molecule has 0 bridgehead atoms. The van der Waals surface area contributed by atoms with Gasteiger partial charge in [0.25, 0.3) is 0 Å². The van der Waals surface area contributed by atoms with E-state index in [1.54, 1.807) is 0 Å². The van der Waals surface area contributed by atoms with Crippen LogP contribution in [0.5, 0.6) is 0 Å². The molecule has 0 heterocycles. The number of hydrogen-bond acceptors (Lipinski definition) is 3. The fraction of sp³-hybridized carbons (Fsp3) is 0.500. The Hall–Kier alpha value is -1.71. The van der Waals surface area contributed by atoms with Crippen LogP contribution in [0.1, 0.15) is 31.2 Å². The predicted molar refractivity (Wildman–Crippen MR) is 74.5 cm³/mol.